The van der Waals surface area contributed by atoms with Gasteiger partial charge in [0.05, 0.1) is 4.92 Å². The molecule has 0 aliphatic carbocycles. The van der Waals surface area contributed by atoms with Gasteiger partial charge in [0.1, 0.15) is 5.03 Å². The maximum absolute atomic E-state index is 10.2. The number of nitro groups is 1. The molecule has 1 rings (SSSR count). The summed E-state index contributed by atoms with van der Waals surface area (Å²) in [5.74, 6) is 0. The molecule has 0 aliphatic heterocycles. The first kappa shape index (κ1) is 11.5. The van der Waals surface area contributed by atoms with Crippen molar-refractivity contribution in [3.8, 4) is 0 Å². The van der Waals surface area contributed by atoms with E-state index in [0.29, 0.717) is 11.6 Å². The third kappa shape index (κ3) is 4.46. The largest absolute Gasteiger partial charge is 0.371 e. The van der Waals surface area contributed by atoms with Crippen LogP contribution in [0.25, 0.3) is 0 Å². The Kier molecular flexibility index (Phi) is 4.62. The van der Waals surface area contributed by atoms with Crippen molar-refractivity contribution in [2.24, 2.45) is 0 Å². The number of thioether (sulfide) groups is 1. The third-order valence-electron chi connectivity index (χ3n) is 1.63. The molecule has 5 nitrogen and oxygen atoms in total. The van der Waals surface area contributed by atoms with Gasteiger partial charge >= 0.3 is 0 Å². The summed E-state index contributed by atoms with van der Waals surface area (Å²) < 4.78 is 0. The van der Waals surface area contributed by atoms with E-state index >= 15 is 0 Å². The van der Waals surface area contributed by atoms with Crippen LogP contribution >= 0.6 is 11.8 Å². The average molecular weight is 225 g/mol. The molecule has 80 valence electrons. The summed E-state index contributed by atoms with van der Waals surface area (Å²) in [5, 5.41) is 13.7. The van der Waals surface area contributed by atoms with E-state index in [-0.39, 0.29) is 0 Å². The fraction of sp³-hybridized carbons (Fsp3) is 0.222. The molecule has 15 heavy (non-hydrogen) atoms. The Morgan fingerprint density at radius 1 is 1.80 bits per heavy atom. The first-order chi connectivity index (χ1) is 7.22. The molecule has 1 heterocycles. The van der Waals surface area contributed by atoms with Gasteiger partial charge in [-0.2, -0.15) is 0 Å². The highest BCUT2D eigenvalue weighted by atomic mass is 32.2. The van der Waals surface area contributed by atoms with Crippen molar-refractivity contribution in [3.63, 3.8) is 0 Å². The Balaban J connectivity index is 2.52. The Morgan fingerprint density at radius 3 is 3.13 bits per heavy atom. The predicted molar refractivity (Wildman–Crippen MR) is 59.7 cm³/mol. The van der Waals surface area contributed by atoms with Crippen LogP contribution < -0.4 is 5.32 Å². The van der Waals surface area contributed by atoms with E-state index in [0.717, 1.165) is 11.8 Å². The van der Waals surface area contributed by atoms with Crippen molar-refractivity contribution in [1.82, 2.24) is 10.3 Å². The van der Waals surface area contributed by atoms with Gasteiger partial charge in [-0.25, -0.2) is 0 Å². The molecule has 0 saturated carbocycles. The third-order valence-corrected chi connectivity index (χ3v) is 2.32. The van der Waals surface area contributed by atoms with Crippen molar-refractivity contribution >= 4 is 11.8 Å². The Morgan fingerprint density at radius 2 is 2.60 bits per heavy atom. The Hall–Kier alpha value is -1.56. The van der Waals surface area contributed by atoms with Gasteiger partial charge in [-0.15, -0.1) is 11.8 Å². The molecular weight excluding hydrogens is 214 g/mol. The fourth-order valence-electron chi connectivity index (χ4n) is 0.958. The molecule has 1 aromatic heterocycles. The highest BCUT2D eigenvalue weighted by Gasteiger charge is 2.00. The van der Waals surface area contributed by atoms with Gasteiger partial charge in [-0.1, -0.05) is 6.07 Å². The Bertz CT molecular complexity index is 354. The summed E-state index contributed by atoms with van der Waals surface area (Å²) in [4.78, 5) is 13.7. The van der Waals surface area contributed by atoms with Crippen molar-refractivity contribution < 1.29 is 4.92 Å². The average Bonchev–Trinajstić information content (AvgIpc) is 2.25. The van der Waals surface area contributed by atoms with Gasteiger partial charge < -0.3 is 5.32 Å². The first-order valence-electron chi connectivity index (χ1n) is 4.24. The van der Waals surface area contributed by atoms with Gasteiger partial charge in [0.25, 0.3) is 6.20 Å². The summed E-state index contributed by atoms with van der Waals surface area (Å²) in [6.07, 6.45) is 6.15. The number of aromatic nitrogens is 1. The van der Waals surface area contributed by atoms with E-state index in [1.54, 1.807) is 18.6 Å². The highest BCUT2D eigenvalue weighted by Crippen LogP contribution is 2.08. The van der Waals surface area contributed by atoms with Crippen LogP contribution in [0.4, 0.5) is 0 Å². The molecule has 0 saturated heterocycles. The quantitative estimate of drug-likeness (QED) is 0.609. The molecule has 1 aromatic rings. The second kappa shape index (κ2) is 6.02. The van der Waals surface area contributed by atoms with Crippen LogP contribution in [0.5, 0.6) is 0 Å². The monoisotopic (exact) mass is 225 g/mol. The summed E-state index contributed by atoms with van der Waals surface area (Å²) in [5.41, 5.74) is 0.987. The lowest BCUT2D eigenvalue weighted by Gasteiger charge is -2.05. The fourth-order valence-corrected chi connectivity index (χ4v) is 1.37. The number of nitrogens with one attached hydrogen (secondary N) is 1. The molecule has 0 atom stereocenters. The van der Waals surface area contributed by atoms with Crippen LogP contribution in [-0.4, -0.2) is 16.2 Å². The van der Waals surface area contributed by atoms with Crippen molar-refractivity contribution in [3.05, 3.63) is 51.4 Å². The van der Waals surface area contributed by atoms with E-state index in [1.165, 1.54) is 11.8 Å². The van der Waals surface area contributed by atoms with E-state index < -0.39 is 4.92 Å². The number of hydrogen-bond donors (Lipinski definition) is 1. The van der Waals surface area contributed by atoms with Crippen molar-refractivity contribution in [2.75, 3.05) is 6.26 Å². The lowest BCUT2D eigenvalue weighted by molar-refractivity contribution is -0.403. The van der Waals surface area contributed by atoms with Crippen LogP contribution in [0, 0.1) is 10.1 Å². The minimum Gasteiger partial charge on any atom is -0.371 e. The van der Waals surface area contributed by atoms with Crippen molar-refractivity contribution in [2.45, 2.75) is 6.54 Å². The summed E-state index contributed by atoms with van der Waals surface area (Å²) >= 11 is 1.31. The van der Waals surface area contributed by atoms with Crippen molar-refractivity contribution in [1.29, 1.82) is 0 Å². The minimum absolute atomic E-state index is 0.470. The van der Waals surface area contributed by atoms with E-state index in [9.17, 15) is 10.1 Å². The molecule has 0 aliphatic rings. The van der Waals surface area contributed by atoms with Crippen LogP contribution in [0.3, 0.4) is 0 Å². The zero-order chi connectivity index (χ0) is 11.1. The number of nitrogens with zero attached hydrogens (tertiary/aromatic N) is 2. The van der Waals surface area contributed by atoms with Gasteiger partial charge in [-0.3, -0.25) is 15.1 Å². The number of rotatable bonds is 5. The van der Waals surface area contributed by atoms with Crippen LogP contribution in [0.2, 0.25) is 0 Å². The molecule has 0 unspecified atom stereocenters. The summed E-state index contributed by atoms with van der Waals surface area (Å²) in [6.45, 7) is 0.536. The molecule has 0 radical (unpaired) electrons. The zero-order valence-electron chi connectivity index (χ0n) is 8.21. The smallest absolute Gasteiger partial charge is 0.263 e. The number of pyridine rings is 1. The predicted octanol–water partition coefficient (Wildman–Crippen LogP) is 1.61. The van der Waals surface area contributed by atoms with Gasteiger partial charge in [0.2, 0.25) is 0 Å². The van der Waals surface area contributed by atoms with E-state index in [4.69, 9.17) is 0 Å². The summed E-state index contributed by atoms with van der Waals surface area (Å²) in [6, 6.07) is 3.73. The zero-order valence-corrected chi connectivity index (χ0v) is 9.03. The maximum atomic E-state index is 10.2. The molecule has 0 amide bonds. The SMILES string of the molecule is CS/C(=C\[N+](=O)[O-])NCc1cccnc1. The van der Waals surface area contributed by atoms with Gasteiger partial charge in [0.15, 0.2) is 0 Å². The molecule has 0 fully saturated rings. The second-order valence-corrected chi connectivity index (χ2v) is 3.55. The second-order valence-electron chi connectivity index (χ2n) is 2.70. The van der Waals surface area contributed by atoms with Crippen LogP contribution in [-0.2, 0) is 6.54 Å². The standard InChI is InChI=1S/C9H11N3O2S/c1-15-9(7-12(13)14)11-6-8-3-2-4-10-5-8/h2-5,7,11H,6H2,1H3/b9-7-. The number of hydrogen-bond acceptors (Lipinski definition) is 5. The first-order valence-corrected chi connectivity index (χ1v) is 5.47. The molecule has 6 heteroatoms. The minimum atomic E-state index is -0.470. The summed E-state index contributed by atoms with van der Waals surface area (Å²) in [7, 11) is 0. The molecule has 0 bridgehead atoms. The van der Waals surface area contributed by atoms with Gasteiger partial charge in [0, 0.05) is 18.9 Å². The van der Waals surface area contributed by atoms with E-state index in [2.05, 4.69) is 10.3 Å². The molecule has 0 spiro atoms. The maximum Gasteiger partial charge on any atom is 0.263 e. The Labute approximate surface area is 91.7 Å². The topological polar surface area (TPSA) is 68.1 Å². The lowest BCUT2D eigenvalue weighted by Crippen LogP contribution is -2.11. The normalized spacial score (nSPS) is 11.1. The van der Waals surface area contributed by atoms with Gasteiger partial charge in [-0.05, 0) is 17.9 Å². The highest BCUT2D eigenvalue weighted by molar-refractivity contribution is 8.02. The van der Waals surface area contributed by atoms with Crippen LogP contribution in [0.1, 0.15) is 5.56 Å². The van der Waals surface area contributed by atoms with Crippen LogP contribution in [0.15, 0.2) is 35.8 Å². The molecular formula is C9H11N3O2S. The van der Waals surface area contributed by atoms with E-state index in [1.807, 2.05) is 12.1 Å². The molecule has 0 aromatic carbocycles. The molecule has 1 N–H and O–H groups in total. The lowest BCUT2D eigenvalue weighted by atomic mass is 10.3.